The highest BCUT2D eigenvalue weighted by atomic mass is 15.4. The molecule has 2 nitrogen and oxygen atoms in total. The Balaban J connectivity index is 2.01. The number of rotatable bonds is 0. The van der Waals surface area contributed by atoms with Gasteiger partial charge in [-0.25, -0.2) is 5.43 Å². The van der Waals surface area contributed by atoms with Crippen LogP contribution in [0.3, 0.4) is 0 Å². The third kappa shape index (κ3) is 1.09. The van der Waals surface area contributed by atoms with Crippen LogP contribution in [0.5, 0.6) is 0 Å². The molecule has 0 aromatic rings. The van der Waals surface area contributed by atoms with Crippen LogP contribution < -0.4 is 10.9 Å². The maximum absolute atomic E-state index is 4.18. The summed E-state index contributed by atoms with van der Waals surface area (Å²) >= 11 is 0. The standard InChI is InChI=1S/C8H13N2/c1-2-4-8-7(3-1)5-6-9-10-8/h1-2,7-8,10H,3-6H2. The van der Waals surface area contributed by atoms with Crippen LogP contribution in [0.2, 0.25) is 0 Å². The molecule has 0 spiro atoms. The fourth-order valence-electron chi connectivity index (χ4n) is 1.76. The third-order valence-electron chi connectivity index (χ3n) is 2.43. The molecule has 2 aliphatic rings. The van der Waals surface area contributed by atoms with E-state index in [1.54, 1.807) is 0 Å². The molecular formula is C8H13N2. The molecule has 1 radical (unpaired) electrons. The monoisotopic (exact) mass is 137 g/mol. The first-order valence-electron chi connectivity index (χ1n) is 4.04. The van der Waals surface area contributed by atoms with Crippen molar-refractivity contribution in [2.24, 2.45) is 5.92 Å². The molecular weight excluding hydrogens is 124 g/mol. The van der Waals surface area contributed by atoms with Gasteiger partial charge in [0.05, 0.1) is 0 Å². The summed E-state index contributed by atoms with van der Waals surface area (Å²) in [5.41, 5.74) is 7.37. The van der Waals surface area contributed by atoms with E-state index in [0.29, 0.717) is 6.04 Å². The molecule has 0 aromatic carbocycles. The minimum atomic E-state index is 0.652. The second-order valence-corrected chi connectivity index (χ2v) is 3.11. The van der Waals surface area contributed by atoms with Gasteiger partial charge in [-0.15, -0.1) is 0 Å². The molecule has 0 bridgehead atoms. The average molecular weight is 137 g/mol. The van der Waals surface area contributed by atoms with Gasteiger partial charge in [0, 0.05) is 12.6 Å². The molecule has 0 aromatic heterocycles. The van der Waals surface area contributed by atoms with Crippen molar-refractivity contribution in [1.82, 2.24) is 10.9 Å². The quantitative estimate of drug-likeness (QED) is 0.492. The van der Waals surface area contributed by atoms with Crippen molar-refractivity contribution in [3.8, 4) is 0 Å². The Hall–Kier alpha value is -0.340. The van der Waals surface area contributed by atoms with Gasteiger partial charge in [0.25, 0.3) is 0 Å². The topological polar surface area (TPSA) is 26.1 Å². The maximum Gasteiger partial charge on any atom is 0.0307 e. The van der Waals surface area contributed by atoms with Crippen molar-refractivity contribution in [2.75, 3.05) is 6.54 Å². The Morgan fingerprint density at radius 3 is 3.10 bits per heavy atom. The minimum absolute atomic E-state index is 0.652. The van der Waals surface area contributed by atoms with E-state index in [0.717, 1.165) is 12.5 Å². The smallest absolute Gasteiger partial charge is 0.0307 e. The van der Waals surface area contributed by atoms with Gasteiger partial charge >= 0.3 is 0 Å². The predicted molar refractivity (Wildman–Crippen MR) is 40.4 cm³/mol. The second kappa shape index (κ2) is 2.72. The van der Waals surface area contributed by atoms with Gasteiger partial charge in [-0.05, 0) is 25.2 Å². The van der Waals surface area contributed by atoms with Gasteiger partial charge in [0.15, 0.2) is 0 Å². The highest BCUT2D eigenvalue weighted by Gasteiger charge is 2.24. The van der Waals surface area contributed by atoms with Crippen molar-refractivity contribution in [2.45, 2.75) is 25.3 Å². The normalized spacial score (nSPS) is 39.2. The van der Waals surface area contributed by atoms with Crippen LogP contribution in [0.15, 0.2) is 12.2 Å². The first kappa shape index (κ1) is 6.38. The Morgan fingerprint density at radius 2 is 2.20 bits per heavy atom. The van der Waals surface area contributed by atoms with Crippen molar-refractivity contribution in [1.29, 1.82) is 0 Å². The molecule has 1 N–H and O–H groups in total. The van der Waals surface area contributed by atoms with Gasteiger partial charge in [0.2, 0.25) is 0 Å². The lowest BCUT2D eigenvalue weighted by Crippen LogP contribution is -2.47. The highest BCUT2D eigenvalue weighted by Crippen LogP contribution is 2.23. The summed E-state index contributed by atoms with van der Waals surface area (Å²) in [6.07, 6.45) is 8.27. The van der Waals surface area contributed by atoms with E-state index in [1.165, 1.54) is 19.3 Å². The molecule has 1 saturated heterocycles. The molecule has 2 heteroatoms. The zero-order chi connectivity index (χ0) is 6.81. The first-order valence-corrected chi connectivity index (χ1v) is 4.04. The summed E-state index contributed by atoms with van der Waals surface area (Å²) in [6, 6.07) is 0.652. The first-order chi connectivity index (χ1) is 4.97. The zero-order valence-electron chi connectivity index (χ0n) is 6.09. The lowest BCUT2D eigenvalue weighted by Gasteiger charge is -2.32. The molecule has 2 unspecified atom stereocenters. The van der Waals surface area contributed by atoms with Crippen LogP contribution >= 0.6 is 0 Å². The van der Waals surface area contributed by atoms with E-state index in [4.69, 9.17) is 0 Å². The molecule has 55 valence electrons. The molecule has 1 aliphatic heterocycles. The van der Waals surface area contributed by atoms with Gasteiger partial charge in [-0.2, -0.15) is 5.43 Å². The highest BCUT2D eigenvalue weighted by molar-refractivity contribution is 4.98. The van der Waals surface area contributed by atoms with Crippen LogP contribution in [0.25, 0.3) is 0 Å². The van der Waals surface area contributed by atoms with Crippen molar-refractivity contribution in [3.05, 3.63) is 12.2 Å². The molecule has 10 heavy (non-hydrogen) atoms. The number of fused-ring (bicyclic) bond motifs is 1. The number of nitrogens with one attached hydrogen (secondary N) is 1. The SMILES string of the molecule is C1=CCC2N[N]CCC2C1. The summed E-state index contributed by atoms with van der Waals surface area (Å²) in [5, 5.41) is 0. The minimum Gasteiger partial charge on any atom is -0.237 e. The zero-order valence-corrected chi connectivity index (χ0v) is 6.09. The average Bonchev–Trinajstić information content (AvgIpc) is 2.05. The van der Waals surface area contributed by atoms with Crippen molar-refractivity contribution < 1.29 is 0 Å². The van der Waals surface area contributed by atoms with E-state index in [-0.39, 0.29) is 0 Å². The van der Waals surface area contributed by atoms with Crippen LogP contribution in [0.1, 0.15) is 19.3 Å². The lowest BCUT2D eigenvalue weighted by atomic mass is 9.86. The summed E-state index contributed by atoms with van der Waals surface area (Å²) in [4.78, 5) is 0. The molecule has 0 saturated carbocycles. The maximum atomic E-state index is 4.18. The van der Waals surface area contributed by atoms with Crippen LogP contribution in [-0.2, 0) is 0 Å². The third-order valence-corrected chi connectivity index (χ3v) is 2.43. The molecule has 0 amide bonds. The summed E-state index contributed by atoms with van der Waals surface area (Å²) in [5.74, 6) is 0.863. The molecule has 1 fully saturated rings. The van der Waals surface area contributed by atoms with Crippen LogP contribution in [0, 0.1) is 5.92 Å². The lowest BCUT2D eigenvalue weighted by molar-refractivity contribution is 0.234. The van der Waals surface area contributed by atoms with E-state index in [1.807, 2.05) is 0 Å². The van der Waals surface area contributed by atoms with Gasteiger partial charge in [-0.3, -0.25) is 0 Å². The Morgan fingerprint density at radius 1 is 1.30 bits per heavy atom. The fourth-order valence-corrected chi connectivity index (χ4v) is 1.76. The van der Waals surface area contributed by atoms with Crippen LogP contribution in [0.4, 0.5) is 0 Å². The summed E-state index contributed by atoms with van der Waals surface area (Å²) < 4.78 is 0. The van der Waals surface area contributed by atoms with E-state index < -0.39 is 0 Å². The number of hydrogen-bond acceptors (Lipinski definition) is 1. The number of hydrogen-bond donors (Lipinski definition) is 1. The number of allylic oxidation sites excluding steroid dienone is 1. The molecule has 1 heterocycles. The van der Waals surface area contributed by atoms with Crippen molar-refractivity contribution >= 4 is 0 Å². The van der Waals surface area contributed by atoms with Crippen LogP contribution in [-0.4, -0.2) is 12.6 Å². The Labute approximate surface area is 61.7 Å². The van der Waals surface area contributed by atoms with E-state index >= 15 is 0 Å². The number of nitrogens with zero attached hydrogens (tertiary/aromatic N) is 1. The molecule has 2 rings (SSSR count). The fraction of sp³-hybridized carbons (Fsp3) is 0.750. The van der Waals surface area contributed by atoms with Gasteiger partial charge < -0.3 is 0 Å². The van der Waals surface area contributed by atoms with Gasteiger partial charge in [0.1, 0.15) is 0 Å². The van der Waals surface area contributed by atoms with Crippen molar-refractivity contribution in [3.63, 3.8) is 0 Å². The summed E-state index contributed by atoms with van der Waals surface area (Å²) in [7, 11) is 0. The molecule has 2 atom stereocenters. The predicted octanol–water partition coefficient (Wildman–Crippen LogP) is 0.834. The Bertz CT molecular complexity index is 126. The Kier molecular flexibility index (Phi) is 1.74. The molecule has 1 aliphatic carbocycles. The van der Waals surface area contributed by atoms with E-state index in [9.17, 15) is 0 Å². The van der Waals surface area contributed by atoms with Gasteiger partial charge in [-0.1, -0.05) is 12.2 Å². The van der Waals surface area contributed by atoms with E-state index in [2.05, 4.69) is 23.0 Å². The summed E-state index contributed by atoms with van der Waals surface area (Å²) in [6.45, 7) is 1.01. The second-order valence-electron chi connectivity index (χ2n) is 3.11. The largest absolute Gasteiger partial charge is 0.237 e.